The molecule has 2 unspecified atom stereocenters. The Labute approximate surface area is 539 Å². The molecular formula is C80H155NO5. The van der Waals surface area contributed by atoms with Gasteiger partial charge in [-0.05, 0) is 77.0 Å². The van der Waals surface area contributed by atoms with Crippen LogP contribution in [0.3, 0.4) is 0 Å². The van der Waals surface area contributed by atoms with Crippen molar-refractivity contribution in [2.45, 2.75) is 463 Å². The predicted octanol–water partition coefficient (Wildman–Crippen LogP) is 26.0. The lowest BCUT2D eigenvalue weighted by atomic mass is 10.0. The zero-order chi connectivity index (χ0) is 62.0. The normalized spacial score (nSPS) is 12.6. The molecule has 0 aromatic rings. The Hall–Kier alpha value is -1.66. The minimum Gasteiger partial charge on any atom is -0.466 e. The van der Waals surface area contributed by atoms with Crippen molar-refractivity contribution in [3.8, 4) is 0 Å². The smallest absolute Gasteiger partial charge is 0.305 e. The molecule has 0 aliphatic heterocycles. The summed E-state index contributed by atoms with van der Waals surface area (Å²) in [6.45, 7) is 4.99. The summed E-state index contributed by atoms with van der Waals surface area (Å²) >= 11 is 0. The van der Waals surface area contributed by atoms with Crippen molar-refractivity contribution in [2.24, 2.45) is 0 Å². The van der Waals surface area contributed by atoms with Gasteiger partial charge >= 0.3 is 5.97 Å². The summed E-state index contributed by atoms with van der Waals surface area (Å²) in [6.07, 6.45) is 97.0. The van der Waals surface area contributed by atoms with Gasteiger partial charge in [-0.3, -0.25) is 9.59 Å². The predicted molar refractivity (Wildman–Crippen MR) is 380 cm³/mol. The van der Waals surface area contributed by atoms with E-state index in [1.165, 1.54) is 372 Å². The lowest BCUT2D eigenvalue weighted by Gasteiger charge is -2.22. The number of aliphatic hydroxyl groups excluding tert-OH is 2. The van der Waals surface area contributed by atoms with Crippen LogP contribution in [0.5, 0.6) is 0 Å². The molecule has 0 aromatic heterocycles. The van der Waals surface area contributed by atoms with Crippen LogP contribution >= 0.6 is 0 Å². The van der Waals surface area contributed by atoms with Crippen molar-refractivity contribution in [1.82, 2.24) is 5.32 Å². The van der Waals surface area contributed by atoms with E-state index in [0.717, 1.165) is 44.9 Å². The number of rotatable bonds is 75. The largest absolute Gasteiger partial charge is 0.466 e. The van der Waals surface area contributed by atoms with E-state index in [-0.39, 0.29) is 18.5 Å². The second kappa shape index (κ2) is 75.8. The van der Waals surface area contributed by atoms with Crippen molar-refractivity contribution in [1.29, 1.82) is 0 Å². The molecule has 3 N–H and O–H groups in total. The van der Waals surface area contributed by atoms with Crippen LogP contribution in [0.2, 0.25) is 0 Å². The number of hydrogen-bond donors (Lipinski definition) is 3. The second-order valence-corrected chi connectivity index (χ2v) is 27.4. The summed E-state index contributed by atoms with van der Waals surface area (Å²) in [7, 11) is 0. The Morgan fingerprint density at radius 2 is 0.547 bits per heavy atom. The highest BCUT2D eigenvalue weighted by Gasteiger charge is 2.20. The topological polar surface area (TPSA) is 95.9 Å². The molecule has 1 amide bonds. The van der Waals surface area contributed by atoms with Crippen LogP contribution in [0.15, 0.2) is 24.3 Å². The maximum atomic E-state index is 12.6. The molecule has 0 rings (SSSR count). The van der Waals surface area contributed by atoms with Crippen molar-refractivity contribution in [2.75, 3.05) is 13.2 Å². The third-order valence-corrected chi connectivity index (χ3v) is 18.7. The zero-order valence-corrected chi connectivity index (χ0v) is 58.6. The average Bonchev–Trinajstić information content (AvgIpc) is 3.56. The molecule has 0 aliphatic rings. The van der Waals surface area contributed by atoms with Crippen LogP contribution in [0.25, 0.3) is 0 Å². The van der Waals surface area contributed by atoms with Crippen LogP contribution in [0, 0.1) is 0 Å². The summed E-state index contributed by atoms with van der Waals surface area (Å²) in [4.78, 5) is 24.6. The molecule has 6 heteroatoms. The first-order chi connectivity index (χ1) is 42.5. The molecular weight excluding hydrogens is 1050 g/mol. The van der Waals surface area contributed by atoms with E-state index < -0.39 is 12.1 Å². The van der Waals surface area contributed by atoms with E-state index in [9.17, 15) is 19.8 Å². The van der Waals surface area contributed by atoms with Crippen LogP contribution in [-0.4, -0.2) is 47.4 Å². The minimum atomic E-state index is -0.663. The summed E-state index contributed by atoms with van der Waals surface area (Å²) in [5.74, 6) is -0.0154. The van der Waals surface area contributed by atoms with Gasteiger partial charge in [0, 0.05) is 12.8 Å². The lowest BCUT2D eigenvalue weighted by molar-refractivity contribution is -0.143. The van der Waals surface area contributed by atoms with Gasteiger partial charge in [-0.15, -0.1) is 0 Å². The highest BCUT2D eigenvalue weighted by molar-refractivity contribution is 5.76. The number of unbranched alkanes of at least 4 members (excludes halogenated alkanes) is 60. The molecule has 510 valence electrons. The molecule has 6 nitrogen and oxygen atoms in total. The SMILES string of the molecule is CCCCCCC/C=C\CCCCCCCC(=O)OCCCCCCCCCCCCCC/C=C\CCCCCCCCCCCCCCCCCCCC(=O)NC(CO)C(O)CCCCCCCCCCCCCCCCCCCCCCCC. The minimum absolute atomic E-state index is 0.0111. The standard InChI is InChI=1S/C80H155NO5/c1-3-5-7-9-11-13-15-17-19-20-21-22-36-39-42-45-48-52-56-60-64-68-72-78(83)77(76-82)81-79(84)73-69-65-61-57-53-49-46-43-40-37-34-32-30-28-26-24-23-25-27-29-31-33-35-38-41-44-47-51-55-59-63-67-71-75-86-80(85)74-70-66-62-58-54-50-18-16-14-12-10-8-6-4-2/h16,18,27,29,77-78,82-83H,3-15,17,19-26,28,30-76H2,1-2H3,(H,81,84)/b18-16-,29-27-. The lowest BCUT2D eigenvalue weighted by Crippen LogP contribution is -2.45. The molecule has 2 atom stereocenters. The number of esters is 1. The maximum Gasteiger partial charge on any atom is 0.305 e. The number of aliphatic hydroxyl groups is 2. The van der Waals surface area contributed by atoms with Gasteiger partial charge in [0.1, 0.15) is 0 Å². The molecule has 0 aliphatic carbocycles. The second-order valence-electron chi connectivity index (χ2n) is 27.4. The highest BCUT2D eigenvalue weighted by Crippen LogP contribution is 2.20. The first-order valence-corrected chi connectivity index (χ1v) is 39.6. The third-order valence-electron chi connectivity index (χ3n) is 18.7. The molecule has 0 saturated carbocycles. The number of allylic oxidation sites excluding steroid dienone is 4. The molecule has 0 bridgehead atoms. The molecule has 0 radical (unpaired) electrons. The number of hydrogen-bond acceptors (Lipinski definition) is 5. The fourth-order valence-corrected chi connectivity index (χ4v) is 12.7. The number of ether oxygens (including phenoxy) is 1. The van der Waals surface area contributed by atoms with Crippen molar-refractivity contribution >= 4 is 11.9 Å². The molecule has 0 saturated heterocycles. The van der Waals surface area contributed by atoms with Gasteiger partial charge in [0.2, 0.25) is 5.91 Å². The van der Waals surface area contributed by atoms with E-state index >= 15 is 0 Å². The first-order valence-electron chi connectivity index (χ1n) is 39.6. The Morgan fingerprint density at radius 3 is 0.826 bits per heavy atom. The fourth-order valence-electron chi connectivity index (χ4n) is 12.7. The average molecular weight is 1210 g/mol. The summed E-state index contributed by atoms with van der Waals surface area (Å²) < 4.78 is 5.49. The van der Waals surface area contributed by atoms with Gasteiger partial charge < -0.3 is 20.3 Å². The Kier molecular flexibility index (Phi) is 74.3. The third kappa shape index (κ3) is 71.4. The molecule has 0 spiro atoms. The Morgan fingerprint density at radius 1 is 0.314 bits per heavy atom. The monoisotopic (exact) mass is 1210 g/mol. The van der Waals surface area contributed by atoms with Gasteiger partial charge in [0.25, 0.3) is 0 Å². The number of amides is 1. The van der Waals surface area contributed by atoms with Gasteiger partial charge in [0.05, 0.1) is 25.4 Å². The van der Waals surface area contributed by atoms with Crippen LogP contribution < -0.4 is 5.32 Å². The van der Waals surface area contributed by atoms with Crippen LogP contribution in [-0.2, 0) is 14.3 Å². The van der Waals surface area contributed by atoms with Crippen molar-refractivity contribution < 1.29 is 24.5 Å². The van der Waals surface area contributed by atoms with E-state index in [0.29, 0.717) is 25.9 Å². The Bertz CT molecular complexity index is 1350. The number of carbonyl (C=O) groups excluding carboxylic acids is 2. The molecule has 86 heavy (non-hydrogen) atoms. The van der Waals surface area contributed by atoms with E-state index in [4.69, 9.17) is 4.74 Å². The first kappa shape index (κ1) is 84.3. The van der Waals surface area contributed by atoms with Crippen LogP contribution in [0.1, 0.15) is 450 Å². The van der Waals surface area contributed by atoms with Gasteiger partial charge in [0.15, 0.2) is 0 Å². The van der Waals surface area contributed by atoms with Gasteiger partial charge in [-0.2, -0.15) is 0 Å². The van der Waals surface area contributed by atoms with Crippen LogP contribution in [0.4, 0.5) is 0 Å². The summed E-state index contributed by atoms with van der Waals surface area (Å²) in [6, 6.07) is -0.540. The summed E-state index contributed by atoms with van der Waals surface area (Å²) in [5, 5.41) is 23.5. The number of carbonyl (C=O) groups is 2. The molecule has 0 fully saturated rings. The fraction of sp³-hybridized carbons (Fsp3) is 0.925. The highest BCUT2D eigenvalue weighted by atomic mass is 16.5. The summed E-state index contributed by atoms with van der Waals surface area (Å²) in [5.41, 5.74) is 0. The molecule has 0 aromatic carbocycles. The van der Waals surface area contributed by atoms with E-state index in [1.54, 1.807) is 0 Å². The van der Waals surface area contributed by atoms with Gasteiger partial charge in [-0.1, -0.05) is 385 Å². The van der Waals surface area contributed by atoms with E-state index in [2.05, 4.69) is 43.5 Å². The maximum absolute atomic E-state index is 12.6. The number of nitrogens with one attached hydrogen (secondary N) is 1. The zero-order valence-electron chi connectivity index (χ0n) is 58.6. The van der Waals surface area contributed by atoms with Crippen molar-refractivity contribution in [3.05, 3.63) is 24.3 Å². The van der Waals surface area contributed by atoms with Crippen molar-refractivity contribution in [3.63, 3.8) is 0 Å². The van der Waals surface area contributed by atoms with E-state index in [1.807, 2.05) is 0 Å². The molecule has 0 heterocycles. The Balaban J connectivity index is 3.35. The van der Waals surface area contributed by atoms with Gasteiger partial charge in [-0.25, -0.2) is 0 Å². The quantitative estimate of drug-likeness (QED) is 0.0320.